The van der Waals surface area contributed by atoms with Gasteiger partial charge in [-0.2, -0.15) is 0 Å². The molecule has 5 atom stereocenters. The average Bonchev–Trinajstić information content (AvgIpc) is 2.76. The van der Waals surface area contributed by atoms with Crippen molar-refractivity contribution in [2.75, 3.05) is 6.61 Å². The minimum atomic E-state index is -1.30. The first-order chi connectivity index (χ1) is 10.4. The van der Waals surface area contributed by atoms with Gasteiger partial charge in [0, 0.05) is 0 Å². The van der Waals surface area contributed by atoms with Crippen LogP contribution in [0.4, 0.5) is 0 Å². The first-order valence-electron chi connectivity index (χ1n) is 7.39. The number of fused-ring (bicyclic) bond motifs is 3. The standard InChI is InChI=1S/C16H18O6/c1-15(2)20-12-11-10(16(11,18)22-14(12)21-15)8-19-13(17)9-6-4-3-5-7-9/h3-7,10-12,14,18H,8H2,1-2H3/t10-,11?,12?,14?,16?/m1/s1. The fourth-order valence-corrected chi connectivity index (χ4v) is 3.40. The first kappa shape index (κ1) is 14.1. The maximum absolute atomic E-state index is 11.9. The van der Waals surface area contributed by atoms with Gasteiger partial charge in [0.05, 0.1) is 17.4 Å². The average molecular weight is 306 g/mol. The Hall–Kier alpha value is -1.47. The van der Waals surface area contributed by atoms with Gasteiger partial charge in [-0.1, -0.05) is 18.2 Å². The third-order valence-corrected chi connectivity index (χ3v) is 4.48. The molecule has 0 aromatic heterocycles. The van der Waals surface area contributed by atoms with Crippen molar-refractivity contribution in [3.8, 4) is 0 Å². The van der Waals surface area contributed by atoms with Crippen molar-refractivity contribution >= 4 is 5.97 Å². The molecule has 4 unspecified atom stereocenters. The zero-order chi connectivity index (χ0) is 15.5. The molecular weight excluding hydrogens is 288 g/mol. The fourth-order valence-electron chi connectivity index (χ4n) is 3.40. The zero-order valence-corrected chi connectivity index (χ0v) is 12.4. The molecule has 3 aliphatic rings. The number of hydrogen-bond donors (Lipinski definition) is 1. The molecule has 6 nitrogen and oxygen atoms in total. The van der Waals surface area contributed by atoms with Crippen LogP contribution in [0.15, 0.2) is 30.3 Å². The summed E-state index contributed by atoms with van der Waals surface area (Å²) in [5.41, 5.74) is 0.487. The Morgan fingerprint density at radius 2 is 1.95 bits per heavy atom. The van der Waals surface area contributed by atoms with Crippen molar-refractivity contribution in [3.63, 3.8) is 0 Å². The Bertz CT molecular complexity index is 600. The second kappa shape index (κ2) is 4.52. The van der Waals surface area contributed by atoms with Crippen LogP contribution >= 0.6 is 0 Å². The lowest BCUT2D eigenvalue weighted by atomic mass is 10.2. The van der Waals surface area contributed by atoms with E-state index in [1.165, 1.54) is 0 Å². The normalized spacial score (nSPS) is 40.9. The lowest BCUT2D eigenvalue weighted by molar-refractivity contribution is -0.253. The van der Waals surface area contributed by atoms with E-state index in [-0.39, 0.29) is 24.5 Å². The molecule has 1 saturated carbocycles. The van der Waals surface area contributed by atoms with Crippen LogP contribution in [0.5, 0.6) is 0 Å². The number of ether oxygens (including phenoxy) is 4. The van der Waals surface area contributed by atoms with E-state index in [9.17, 15) is 9.90 Å². The Morgan fingerprint density at radius 1 is 1.23 bits per heavy atom. The Morgan fingerprint density at radius 3 is 2.68 bits per heavy atom. The van der Waals surface area contributed by atoms with E-state index in [0.717, 1.165) is 0 Å². The van der Waals surface area contributed by atoms with E-state index >= 15 is 0 Å². The largest absolute Gasteiger partial charge is 0.462 e. The third kappa shape index (κ3) is 2.06. The highest BCUT2D eigenvalue weighted by molar-refractivity contribution is 5.89. The van der Waals surface area contributed by atoms with Crippen molar-refractivity contribution < 1.29 is 28.8 Å². The van der Waals surface area contributed by atoms with Crippen LogP contribution in [0.25, 0.3) is 0 Å². The summed E-state index contributed by atoms with van der Waals surface area (Å²) in [5.74, 6) is -2.93. The number of rotatable bonds is 3. The number of benzene rings is 1. The second-order valence-electron chi connectivity index (χ2n) is 6.44. The molecule has 22 heavy (non-hydrogen) atoms. The SMILES string of the molecule is CC1(C)OC2OC3(O)C(C2O1)[C@H]3COC(=O)c1ccccc1. The van der Waals surface area contributed by atoms with Gasteiger partial charge in [-0.05, 0) is 26.0 Å². The Balaban J connectivity index is 1.38. The summed E-state index contributed by atoms with van der Waals surface area (Å²) < 4.78 is 22.2. The van der Waals surface area contributed by atoms with Gasteiger partial charge >= 0.3 is 5.97 Å². The van der Waals surface area contributed by atoms with Crippen LogP contribution in [0.2, 0.25) is 0 Å². The van der Waals surface area contributed by atoms with Gasteiger partial charge in [0.15, 0.2) is 17.9 Å². The minimum absolute atomic E-state index is 0.0991. The van der Waals surface area contributed by atoms with Gasteiger partial charge < -0.3 is 24.1 Å². The number of esters is 1. The van der Waals surface area contributed by atoms with E-state index in [1.807, 2.05) is 6.07 Å². The maximum Gasteiger partial charge on any atom is 0.338 e. The number of carbonyl (C=O) groups is 1. The summed E-state index contributed by atoms with van der Waals surface area (Å²) >= 11 is 0. The minimum Gasteiger partial charge on any atom is -0.462 e. The van der Waals surface area contributed by atoms with Crippen LogP contribution in [0, 0.1) is 11.8 Å². The second-order valence-corrected chi connectivity index (χ2v) is 6.44. The maximum atomic E-state index is 11.9. The quantitative estimate of drug-likeness (QED) is 0.848. The van der Waals surface area contributed by atoms with Crippen molar-refractivity contribution in [1.29, 1.82) is 0 Å². The Kier molecular flexibility index (Phi) is 2.90. The fraction of sp³-hybridized carbons (Fsp3) is 0.562. The lowest BCUT2D eigenvalue weighted by Gasteiger charge is -2.19. The predicted molar refractivity (Wildman–Crippen MR) is 73.6 cm³/mol. The van der Waals surface area contributed by atoms with Crippen molar-refractivity contribution in [3.05, 3.63) is 35.9 Å². The van der Waals surface area contributed by atoms with Gasteiger partial charge in [-0.3, -0.25) is 0 Å². The first-order valence-corrected chi connectivity index (χ1v) is 7.39. The van der Waals surface area contributed by atoms with Crippen LogP contribution in [-0.2, 0) is 18.9 Å². The van der Waals surface area contributed by atoms with Gasteiger partial charge in [0.2, 0.25) is 0 Å². The highest BCUT2D eigenvalue weighted by atomic mass is 16.9. The summed E-state index contributed by atoms with van der Waals surface area (Å²) in [4.78, 5) is 11.9. The van der Waals surface area contributed by atoms with Crippen LogP contribution in [-0.4, -0.2) is 41.7 Å². The number of hydrogen-bond acceptors (Lipinski definition) is 6. The van der Waals surface area contributed by atoms with Crippen LogP contribution in [0.3, 0.4) is 0 Å². The van der Waals surface area contributed by atoms with E-state index in [4.69, 9.17) is 18.9 Å². The molecule has 3 fully saturated rings. The molecule has 0 spiro atoms. The monoisotopic (exact) mass is 306 g/mol. The molecule has 1 aliphatic carbocycles. The topological polar surface area (TPSA) is 74.2 Å². The number of carbonyl (C=O) groups excluding carboxylic acids is 1. The molecule has 2 aliphatic heterocycles. The van der Waals surface area contributed by atoms with Gasteiger partial charge in [0.25, 0.3) is 0 Å². The summed E-state index contributed by atoms with van der Waals surface area (Å²) in [6.07, 6.45) is -0.869. The Labute approximate surface area is 127 Å². The van der Waals surface area contributed by atoms with E-state index < -0.39 is 23.8 Å². The molecule has 118 valence electrons. The molecule has 2 saturated heterocycles. The molecular formula is C16H18O6. The predicted octanol–water partition coefficient (Wildman–Crippen LogP) is 1.29. The molecule has 1 aromatic rings. The summed E-state index contributed by atoms with van der Waals surface area (Å²) in [6.45, 7) is 3.71. The van der Waals surface area contributed by atoms with E-state index in [1.54, 1.807) is 38.1 Å². The summed E-state index contributed by atoms with van der Waals surface area (Å²) in [6, 6.07) is 8.75. The summed E-state index contributed by atoms with van der Waals surface area (Å²) in [5, 5.41) is 10.4. The molecule has 6 heteroatoms. The van der Waals surface area contributed by atoms with Crippen LogP contribution in [0.1, 0.15) is 24.2 Å². The zero-order valence-electron chi connectivity index (χ0n) is 12.4. The molecule has 0 bridgehead atoms. The molecule has 0 amide bonds. The van der Waals surface area contributed by atoms with E-state index in [0.29, 0.717) is 5.56 Å². The number of aliphatic hydroxyl groups is 1. The highest BCUT2D eigenvalue weighted by Crippen LogP contribution is 2.63. The highest BCUT2D eigenvalue weighted by Gasteiger charge is 2.79. The van der Waals surface area contributed by atoms with Crippen molar-refractivity contribution in [1.82, 2.24) is 0 Å². The molecule has 4 rings (SSSR count). The molecule has 1 aromatic carbocycles. The molecule has 1 N–H and O–H groups in total. The molecule has 2 heterocycles. The van der Waals surface area contributed by atoms with Crippen molar-refractivity contribution in [2.24, 2.45) is 11.8 Å². The van der Waals surface area contributed by atoms with Gasteiger partial charge in [0.1, 0.15) is 12.7 Å². The van der Waals surface area contributed by atoms with Gasteiger partial charge in [-0.25, -0.2) is 4.79 Å². The smallest absolute Gasteiger partial charge is 0.338 e. The van der Waals surface area contributed by atoms with Crippen LogP contribution < -0.4 is 0 Å². The summed E-state index contributed by atoms with van der Waals surface area (Å²) in [7, 11) is 0. The van der Waals surface area contributed by atoms with Crippen molar-refractivity contribution in [2.45, 2.75) is 37.8 Å². The van der Waals surface area contributed by atoms with Gasteiger partial charge in [-0.15, -0.1) is 0 Å². The lowest BCUT2D eigenvalue weighted by Crippen LogP contribution is -2.28. The van der Waals surface area contributed by atoms with E-state index in [2.05, 4.69) is 0 Å². The molecule has 0 radical (unpaired) electrons. The third-order valence-electron chi connectivity index (χ3n) is 4.48.